The third kappa shape index (κ3) is 7.98. The Kier molecular flexibility index (Phi) is 10.0. The topological polar surface area (TPSA) is 58.6 Å². The van der Waals surface area contributed by atoms with Crippen LogP contribution >= 0.6 is 23.2 Å². The third-order valence-electron chi connectivity index (χ3n) is 6.02. The molecule has 0 fully saturated rings. The van der Waals surface area contributed by atoms with Gasteiger partial charge in [-0.2, -0.15) is 0 Å². The summed E-state index contributed by atoms with van der Waals surface area (Å²) < 4.78 is 6.06. The summed E-state index contributed by atoms with van der Waals surface area (Å²) in [6.07, 6.45) is 0.349. The average Bonchev–Trinajstić information content (AvgIpc) is 2.86. The number of amides is 2. The predicted octanol–water partition coefficient (Wildman–Crippen LogP) is 6.45. The Hall–Kier alpha value is -3.02. The van der Waals surface area contributed by atoms with Crippen molar-refractivity contribution in [1.29, 1.82) is 0 Å². The highest BCUT2D eigenvalue weighted by molar-refractivity contribution is 6.35. The number of nitrogens with zero attached hydrogens (tertiary/aromatic N) is 1. The van der Waals surface area contributed by atoms with Crippen LogP contribution in [0.15, 0.2) is 72.8 Å². The van der Waals surface area contributed by atoms with Crippen molar-refractivity contribution in [2.24, 2.45) is 0 Å². The number of rotatable bonds is 10. The molecule has 0 spiro atoms. The van der Waals surface area contributed by atoms with Gasteiger partial charge in [0.15, 0.2) is 6.61 Å². The van der Waals surface area contributed by atoms with Crippen LogP contribution in [0.25, 0.3) is 0 Å². The Morgan fingerprint density at radius 2 is 1.65 bits per heavy atom. The molecule has 37 heavy (non-hydrogen) atoms. The molecule has 1 N–H and O–H groups in total. The molecule has 5 nitrogen and oxygen atoms in total. The molecule has 0 aliphatic rings. The second-order valence-corrected chi connectivity index (χ2v) is 10.7. The molecular formula is C30H34Cl2N2O3. The number of hydrogen-bond donors (Lipinski definition) is 1. The fourth-order valence-electron chi connectivity index (χ4n) is 4.11. The number of benzene rings is 3. The van der Waals surface area contributed by atoms with E-state index in [2.05, 4.69) is 26.1 Å². The van der Waals surface area contributed by atoms with Crippen molar-refractivity contribution >= 4 is 35.0 Å². The number of likely N-dealkylation sites (N-methyl/N-ethyl adjacent to an activating group) is 1. The number of para-hydroxylation sites is 1. The average molecular weight is 542 g/mol. The van der Waals surface area contributed by atoms with Gasteiger partial charge in [0.1, 0.15) is 11.8 Å². The maximum atomic E-state index is 13.8. The van der Waals surface area contributed by atoms with Crippen LogP contribution in [0.4, 0.5) is 0 Å². The first-order valence-electron chi connectivity index (χ1n) is 12.4. The van der Waals surface area contributed by atoms with Gasteiger partial charge >= 0.3 is 0 Å². The molecule has 0 heterocycles. The van der Waals surface area contributed by atoms with Gasteiger partial charge in [-0.3, -0.25) is 9.59 Å². The molecule has 0 aliphatic heterocycles. The van der Waals surface area contributed by atoms with Gasteiger partial charge in [-0.25, -0.2) is 0 Å². The summed E-state index contributed by atoms with van der Waals surface area (Å²) in [4.78, 5) is 28.6. The van der Waals surface area contributed by atoms with Crippen molar-refractivity contribution in [2.75, 3.05) is 13.2 Å². The van der Waals surface area contributed by atoms with E-state index in [0.717, 1.165) is 11.1 Å². The van der Waals surface area contributed by atoms with Crippen LogP contribution in [0.1, 0.15) is 44.4 Å². The van der Waals surface area contributed by atoms with Crippen molar-refractivity contribution in [3.8, 4) is 5.75 Å². The van der Waals surface area contributed by atoms with Crippen molar-refractivity contribution < 1.29 is 14.3 Å². The fraction of sp³-hybridized carbons (Fsp3) is 0.333. The molecule has 3 aromatic carbocycles. The van der Waals surface area contributed by atoms with Gasteiger partial charge in [0.2, 0.25) is 5.91 Å². The normalized spacial score (nSPS) is 12.1. The number of ether oxygens (including phenoxy) is 1. The second-order valence-electron chi connectivity index (χ2n) is 9.89. The Balaban J connectivity index is 1.95. The van der Waals surface area contributed by atoms with Crippen LogP contribution < -0.4 is 10.1 Å². The summed E-state index contributed by atoms with van der Waals surface area (Å²) in [5.74, 6) is 0.0900. The lowest BCUT2D eigenvalue weighted by Gasteiger charge is -2.32. The number of carbonyl (C=O) groups is 2. The molecule has 2 amide bonds. The molecule has 7 heteroatoms. The van der Waals surface area contributed by atoms with Gasteiger partial charge in [0.25, 0.3) is 5.91 Å². The molecule has 0 aliphatic carbocycles. The molecule has 0 bridgehead atoms. The van der Waals surface area contributed by atoms with Gasteiger partial charge in [-0.15, -0.1) is 0 Å². The number of carbonyl (C=O) groups excluding carboxylic acids is 2. The Morgan fingerprint density at radius 1 is 0.973 bits per heavy atom. The van der Waals surface area contributed by atoms with E-state index in [1.54, 1.807) is 23.1 Å². The maximum Gasteiger partial charge on any atom is 0.261 e. The summed E-state index contributed by atoms with van der Waals surface area (Å²) in [5.41, 5.74) is 2.47. The minimum Gasteiger partial charge on any atom is -0.483 e. The predicted molar refractivity (Wildman–Crippen MR) is 150 cm³/mol. The molecule has 1 unspecified atom stereocenters. The SMILES string of the molecule is CCNC(=O)C(Cc1ccccc1)N(Cc1ccc(Cl)cc1Cl)C(=O)COc1ccccc1C(C)(C)C. The fourth-order valence-corrected chi connectivity index (χ4v) is 4.58. The summed E-state index contributed by atoms with van der Waals surface area (Å²) in [5, 5.41) is 3.81. The molecule has 0 saturated heterocycles. The standard InChI is InChI=1S/C30H34Cl2N2O3/c1-5-33-29(36)26(17-21-11-7-6-8-12-21)34(19-22-15-16-23(31)18-25(22)32)28(35)20-37-27-14-10-9-13-24(27)30(2,3)4/h6-16,18,26H,5,17,19-20H2,1-4H3,(H,33,36). The minimum atomic E-state index is -0.761. The van der Waals surface area contributed by atoms with Gasteiger partial charge in [0, 0.05) is 29.6 Å². The maximum absolute atomic E-state index is 13.8. The minimum absolute atomic E-state index is 0.133. The van der Waals surface area contributed by atoms with E-state index in [1.807, 2.05) is 61.5 Å². The van der Waals surface area contributed by atoms with Crippen LogP contribution in [0.3, 0.4) is 0 Å². The number of nitrogens with one attached hydrogen (secondary N) is 1. The molecule has 3 aromatic rings. The molecular weight excluding hydrogens is 507 g/mol. The highest BCUT2D eigenvalue weighted by atomic mass is 35.5. The van der Waals surface area contributed by atoms with Gasteiger partial charge in [0.05, 0.1) is 0 Å². The van der Waals surface area contributed by atoms with Crippen molar-refractivity contribution in [2.45, 2.75) is 52.1 Å². The van der Waals surface area contributed by atoms with Gasteiger partial charge < -0.3 is 15.0 Å². The first-order valence-corrected chi connectivity index (χ1v) is 13.1. The van der Waals surface area contributed by atoms with Crippen LogP contribution in [0, 0.1) is 0 Å². The first-order chi connectivity index (χ1) is 17.6. The highest BCUT2D eigenvalue weighted by Crippen LogP contribution is 2.31. The molecule has 0 saturated carbocycles. The van der Waals surface area contributed by atoms with E-state index in [-0.39, 0.29) is 30.4 Å². The zero-order valence-electron chi connectivity index (χ0n) is 21.8. The molecule has 0 aromatic heterocycles. The van der Waals surface area contributed by atoms with E-state index in [0.29, 0.717) is 34.3 Å². The lowest BCUT2D eigenvalue weighted by molar-refractivity contribution is -0.142. The number of hydrogen-bond acceptors (Lipinski definition) is 3. The van der Waals surface area contributed by atoms with Crippen molar-refractivity contribution in [1.82, 2.24) is 10.2 Å². The monoisotopic (exact) mass is 540 g/mol. The zero-order valence-corrected chi connectivity index (χ0v) is 23.3. The summed E-state index contributed by atoms with van der Waals surface area (Å²) in [6.45, 7) is 8.50. The summed E-state index contributed by atoms with van der Waals surface area (Å²) in [6, 6.07) is 21.7. The van der Waals surface area contributed by atoms with Crippen molar-refractivity contribution in [3.05, 3.63) is 99.5 Å². The lowest BCUT2D eigenvalue weighted by atomic mass is 9.86. The summed E-state index contributed by atoms with van der Waals surface area (Å²) >= 11 is 12.6. The van der Waals surface area contributed by atoms with Crippen LogP contribution in [0.2, 0.25) is 10.0 Å². The zero-order chi connectivity index (χ0) is 27.0. The summed E-state index contributed by atoms with van der Waals surface area (Å²) in [7, 11) is 0. The Labute approximate surface area is 229 Å². The lowest BCUT2D eigenvalue weighted by Crippen LogP contribution is -2.51. The first kappa shape index (κ1) is 28.5. The smallest absolute Gasteiger partial charge is 0.261 e. The Bertz CT molecular complexity index is 1210. The highest BCUT2D eigenvalue weighted by Gasteiger charge is 2.31. The van der Waals surface area contributed by atoms with E-state index in [9.17, 15) is 9.59 Å². The quantitative estimate of drug-likeness (QED) is 0.321. The third-order valence-corrected chi connectivity index (χ3v) is 6.61. The van der Waals surface area contributed by atoms with E-state index >= 15 is 0 Å². The van der Waals surface area contributed by atoms with Crippen molar-refractivity contribution in [3.63, 3.8) is 0 Å². The van der Waals surface area contributed by atoms with E-state index in [1.165, 1.54) is 0 Å². The van der Waals surface area contributed by atoms with Gasteiger partial charge in [-0.05, 0) is 47.2 Å². The largest absolute Gasteiger partial charge is 0.483 e. The Morgan fingerprint density at radius 3 is 2.30 bits per heavy atom. The van der Waals surface area contributed by atoms with E-state index < -0.39 is 6.04 Å². The van der Waals surface area contributed by atoms with E-state index in [4.69, 9.17) is 27.9 Å². The van der Waals surface area contributed by atoms with Crippen LogP contribution in [-0.2, 0) is 28.0 Å². The second kappa shape index (κ2) is 13.0. The molecule has 0 radical (unpaired) electrons. The number of halogens is 2. The van der Waals surface area contributed by atoms with Gasteiger partial charge in [-0.1, -0.05) is 98.6 Å². The molecule has 3 rings (SSSR count). The van der Waals surface area contributed by atoms with Crippen LogP contribution in [0.5, 0.6) is 5.75 Å². The molecule has 196 valence electrons. The van der Waals surface area contributed by atoms with Crippen LogP contribution in [-0.4, -0.2) is 35.9 Å². The molecule has 1 atom stereocenters.